The van der Waals surface area contributed by atoms with Crippen molar-refractivity contribution in [2.75, 3.05) is 29.9 Å². The number of benzene rings is 2. The molecule has 2 fully saturated rings. The van der Waals surface area contributed by atoms with Gasteiger partial charge in [0.2, 0.25) is 5.91 Å². The Morgan fingerprint density at radius 3 is 2.50 bits per heavy atom. The minimum absolute atomic E-state index is 0.0485. The highest BCUT2D eigenvalue weighted by molar-refractivity contribution is 5.82. The molecule has 1 unspecified atom stereocenters. The molecule has 2 aromatic carbocycles. The maximum atomic E-state index is 13.8. The Kier molecular flexibility index (Phi) is 6.12. The van der Waals surface area contributed by atoms with Crippen LogP contribution in [0, 0.1) is 23.4 Å². The van der Waals surface area contributed by atoms with E-state index in [1.165, 1.54) is 24.6 Å². The maximum Gasteiger partial charge on any atom is 0.239 e. The van der Waals surface area contributed by atoms with Gasteiger partial charge in [0, 0.05) is 36.7 Å². The number of piperazine rings is 1. The highest BCUT2D eigenvalue weighted by atomic mass is 19.2. The van der Waals surface area contributed by atoms with Gasteiger partial charge in [-0.15, -0.1) is 0 Å². The van der Waals surface area contributed by atoms with E-state index in [9.17, 15) is 18.0 Å². The third kappa shape index (κ3) is 4.44. The highest BCUT2D eigenvalue weighted by Gasteiger charge is 2.40. The Labute approximate surface area is 196 Å². The predicted molar refractivity (Wildman–Crippen MR) is 124 cm³/mol. The Balaban J connectivity index is 1.36. The van der Waals surface area contributed by atoms with Gasteiger partial charge < -0.3 is 25.8 Å². The molecule has 0 bridgehead atoms. The first-order chi connectivity index (χ1) is 16.4. The average molecular weight is 472 g/mol. The number of hydrogen-bond acceptors (Lipinski definition) is 5. The number of fused-ring (bicyclic) bond motifs is 1. The predicted octanol–water partition coefficient (Wildman–Crippen LogP) is 3.82. The van der Waals surface area contributed by atoms with Crippen LogP contribution in [0.4, 0.5) is 24.5 Å². The fraction of sp³-hybridized carbons (Fsp3) is 0.400. The number of anilines is 2. The number of hydrogen-bond donors (Lipinski definition) is 2. The Morgan fingerprint density at radius 2 is 1.82 bits per heavy atom. The lowest BCUT2D eigenvalue weighted by Gasteiger charge is -2.43. The van der Waals surface area contributed by atoms with Gasteiger partial charge in [0.05, 0.1) is 12.6 Å². The van der Waals surface area contributed by atoms with E-state index in [0.717, 1.165) is 30.7 Å². The summed E-state index contributed by atoms with van der Waals surface area (Å²) in [4.78, 5) is 18.9. The first-order valence-electron chi connectivity index (χ1n) is 11.7. The lowest BCUT2D eigenvalue weighted by atomic mass is 9.81. The van der Waals surface area contributed by atoms with Gasteiger partial charge >= 0.3 is 0 Å². The van der Waals surface area contributed by atoms with E-state index in [-0.39, 0.29) is 17.9 Å². The second kappa shape index (κ2) is 9.21. The molecule has 2 aliphatic heterocycles. The minimum atomic E-state index is -0.939. The normalized spacial score (nSPS) is 21.1. The number of nitrogens with zero attached hydrogens (tertiary/aromatic N) is 3. The van der Waals surface area contributed by atoms with Crippen molar-refractivity contribution in [3.05, 3.63) is 71.9 Å². The molecule has 1 amide bonds. The van der Waals surface area contributed by atoms with Gasteiger partial charge in [-0.2, -0.15) is 0 Å². The summed E-state index contributed by atoms with van der Waals surface area (Å²) in [5.41, 5.74) is 7.43. The number of carbonyl (C=O) groups excluding carboxylic acids is 1. The average Bonchev–Trinajstić information content (AvgIpc) is 3.16. The highest BCUT2D eigenvalue weighted by Crippen LogP contribution is 2.34. The summed E-state index contributed by atoms with van der Waals surface area (Å²) in [6, 6.07) is 9.25. The molecule has 5 rings (SSSR count). The fourth-order valence-electron chi connectivity index (χ4n) is 4.88. The minimum Gasteiger partial charge on any atom is -0.341 e. The molecule has 2 aromatic rings. The lowest BCUT2D eigenvalue weighted by molar-refractivity contribution is -0.135. The van der Waals surface area contributed by atoms with Crippen LogP contribution in [0.1, 0.15) is 25.7 Å². The van der Waals surface area contributed by atoms with E-state index in [1.54, 1.807) is 17.0 Å². The van der Waals surface area contributed by atoms with Gasteiger partial charge in [0.15, 0.2) is 11.6 Å². The first-order valence-corrected chi connectivity index (χ1v) is 11.7. The van der Waals surface area contributed by atoms with Crippen molar-refractivity contribution in [2.24, 2.45) is 11.7 Å². The smallest absolute Gasteiger partial charge is 0.239 e. The number of carbonyl (C=O) groups is 1. The topological polar surface area (TPSA) is 64.8 Å². The quantitative estimate of drug-likeness (QED) is 0.671. The van der Waals surface area contributed by atoms with E-state index < -0.39 is 17.7 Å². The van der Waals surface area contributed by atoms with Gasteiger partial charge in [0.1, 0.15) is 17.8 Å². The fourth-order valence-corrected chi connectivity index (χ4v) is 4.88. The van der Waals surface area contributed by atoms with Crippen molar-refractivity contribution in [2.45, 2.75) is 37.9 Å². The number of halogens is 3. The van der Waals surface area contributed by atoms with E-state index in [0.29, 0.717) is 43.5 Å². The molecular weight excluding hydrogens is 443 g/mol. The number of rotatable bonds is 6. The molecule has 1 saturated carbocycles. The van der Waals surface area contributed by atoms with Crippen LogP contribution in [-0.4, -0.2) is 47.5 Å². The Morgan fingerprint density at radius 1 is 1.06 bits per heavy atom. The van der Waals surface area contributed by atoms with Gasteiger partial charge in [-0.25, -0.2) is 13.2 Å². The third-order valence-corrected chi connectivity index (χ3v) is 7.00. The SMILES string of the molecule is N[C@@H](CC1CCC1)C(=O)N1CCN2C(Nc3ccc(F)c(F)c3)=CN(c3ccc(F)cc3)C2C1. The molecular formula is C25H28F3N5O. The summed E-state index contributed by atoms with van der Waals surface area (Å²) in [7, 11) is 0. The Bertz CT molecular complexity index is 1090. The second-order valence-electron chi connectivity index (χ2n) is 9.25. The van der Waals surface area contributed by atoms with Crippen molar-refractivity contribution in [1.82, 2.24) is 9.80 Å². The second-order valence-corrected chi connectivity index (χ2v) is 9.25. The van der Waals surface area contributed by atoms with Crippen LogP contribution in [0.5, 0.6) is 0 Å². The molecule has 0 radical (unpaired) electrons. The zero-order valence-electron chi connectivity index (χ0n) is 18.8. The molecule has 3 N–H and O–H groups in total. The molecule has 2 heterocycles. The number of nitrogens with one attached hydrogen (secondary N) is 1. The summed E-state index contributed by atoms with van der Waals surface area (Å²) >= 11 is 0. The monoisotopic (exact) mass is 471 g/mol. The van der Waals surface area contributed by atoms with Crippen LogP contribution < -0.4 is 16.0 Å². The Hall–Kier alpha value is -3.20. The van der Waals surface area contributed by atoms with Crippen LogP contribution in [0.2, 0.25) is 0 Å². The summed E-state index contributed by atoms with van der Waals surface area (Å²) in [5, 5.41) is 3.16. The van der Waals surface area contributed by atoms with E-state index in [4.69, 9.17) is 5.73 Å². The van der Waals surface area contributed by atoms with Crippen molar-refractivity contribution >= 4 is 17.3 Å². The van der Waals surface area contributed by atoms with Crippen LogP contribution >= 0.6 is 0 Å². The summed E-state index contributed by atoms with van der Waals surface area (Å²) in [6.07, 6.45) is 5.80. The molecule has 1 aliphatic carbocycles. The molecule has 0 aromatic heterocycles. The summed E-state index contributed by atoms with van der Waals surface area (Å²) < 4.78 is 40.7. The van der Waals surface area contributed by atoms with Crippen LogP contribution in [0.3, 0.4) is 0 Å². The largest absolute Gasteiger partial charge is 0.341 e. The van der Waals surface area contributed by atoms with E-state index in [2.05, 4.69) is 10.2 Å². The van der Waals surface area contributed by atoms with Crippen molar-refractivity contribution < 1.29 is 18.0 Å². The molecule has 2 atom stereocenters. The van der Waals surface area contributed by atoms with E-state index in [1.807, 2.05) is 11.1 Å². The number of amides is 1. The third-order valence-electron chi connectivity index (χ3n) is 7.00. The zero-order valence-corrected chi connectivity index (χ0v) is 18.8. The molecule has 1 saturated heterocycles. The lowest BCUT2D eigenvalue weighted by Crippen LogP contribution is -2.59. The maximum absolute atomic E-state index is 13.8. The van der Waals surface area contributed by atoms with Gasteiger partial charge in [-0.05, 0) is 48.7 Å². The molecule has 3 aliphatic rings. The van der Waals surface area contributed by atoms with Crippen LogP contribution in [0.15, 0.2) is 54.5 Å². The van der Waals surface area contributed by atoms with Gasteiger partial charge in [-0.3, -0.25) is 4.79 Å². The van der Waals surface area contributed by atoms with E-state index >= 15 is 0 Å². The van der Waals surface area contributed by atoms with Gasteiger partial charge in [-0.1, -0.05) is 19.3 Å². The molecule has 6 nitrogen and oxygen atoms in total. The molecule has 9 heteroatoms. The summed E-state index contributed by atoms with van der Waals surface area (Å²) in [5.74, 6) is -1.02. The van der Waals surface area contributed by atoms with Crippen molar-refractivity contribution in [3.63, 3.8) is 0 Å². The first kappa shape index (κ1) is 22.6. The zero-order chi connectivity index (χ0) is 23.8. The summed E-state index contributed by atoms with van der Waals surface area (Å²) in [6.45, 7) is 1.45. The van der Waals surface area contributed by atoms with Crippen LogP contribution in [0.25, 0.3) is 0 Å². The number of nitrogens with two attached hydrogens (primary N) is 1. The standard InChI is InChI=1S/C25H28F3N5O/c26-17-4-7-19(8-5-17)33-14-23(30-18-6-9-20(27)21(28)13-18)32-11-10-31(15-24(32)33)25(34)22(29)12-16-2-1-3-16/h4-9,13-14,16,22,24,30H,1-3,10-12,15,29H2/t22-,24?/m0/s1. The van der Waals surface area contributed by atoms with Crippen LogP contribution in [-0.2, 0) is 4.79 Å². The molecule has 34 heavy (non-hydrogen) atoms. The van der Waals surface area contributed by atoms with Gasteiger partial charge in [0.25, 0.3) is 0 Å². The molecule has 180 valence electrons. The van der Waals surface area contributed by atoms with Crippen molar-refractivity contribution in [1.29, 1.82) is 0 Å². The van der Waals surface area contributed by atoms with Crippen molar-refractivity contribution in [3.8, 4) is 0 Å². The molecule has 0 spiro atoms.